The number of allylic oxidation sites excluding steroid dienone is 2. The summed E-state index contributed by atoms with van der Waals surface area (Å²) in [4.78, 5) is 22.6. The van der Waals surface area contributed by atoms with Gasteiger partial charge < -0.3 is 9.84 Å². The number of aliphatic carboxylic acids is 1. The van der Waals surface area contributed by atoms with E-state index in [9.17, 15) is 9.59 Å². The summed E-state index contributed by atoms with van der Waals surface area (Å²) in [6.45, 7) is 1.65. The van der Waals surface area contributed by atoms with E-state index in [1.165, 1.54) is 0 Å². The molecule has 7 heteroatoms. The first-order chi connectivity index (χ1) is 11.4. The second-order valence-electron chi connectivity index (χ2n) is 6.26. The maximum atomic E-state index is 11.9. The van der Waals surface area contributed by atoms with Gasteiger partial charge in [-0.15, -0.1) is 0 Å². The Hall–Kier alpha value is 0.116. The normalized spacial score (nSPS) is 21.1. The van der Waals surface area contributed by atoms with Crippen LogP contribution in [0, 0.1) is 5.92 Å². The van der Waals surface area contributed by atoms with Gasteiger partial charge in [0.25, 0.3) is 0 Å². The summed E-state index contributed by atoms with van der Waals surface area (Å²) >= 11 is 12.8. The first-order valence-electron chi connectivity index (χ1n) is 8.05. The van der Waals surface area contributed by atoms with Gasteiger partial charge in [-0.2, -0.15) is 0 Å². The Kier molecular flexibility index (Phi) is 7.60. The van der Waals surface area contributed by atoms with E-state index in [0.29, 0.717) is 11.4 Å². The topological polar surface area (TPSA) is 63.6 Å². The standard InChI is InChI=1S/C18H18Cl2O4.K.H/c1-2-3-10-11-5-4-9(21)6-12(11)16-13(10)7-14(17(19)18(16)20)24-8-15(22)23;;/h6-7,10-11H,2-5,8H2,1H3,(H,22,23);;. The molecular weight excluding hydrogens is 390 g/mol. The van der Waals surface area contributed by atoms with Crippen LogP contribution in [0.2, 0.25) is 10.0 Å². The number of ketones is 1. The molecule has 0 amide bonds. The molecule has 2 unspecified atom stereocenters. The van der Waals surface area contributed by atoms with Gasteiger partial charge in [0.1, 0.15) is 10.8 Å². The predicted molar refractivity (Wildman–Crippen MR) is 100 cm³/mol. The van der Waals surface area contributed by atoms with E-state index >= 15 is 0 Å². The Balaban J connectivity index is 0.00000225. The van der Waals surface area contributed by atoms with Crippen LogP contribution in [0.3, 0.4) is 0 Å². The molecule has 2 atom stereocenters. The van der Waals surface area contributed by atoms with Crippen LogP contribution >= 0.6 is 23.2 Å². The van der Waals surface area contributed by atoms with Crippen LogP contribution in [-0.2, 0) is 9.59 Å². The molecule has 1 N–H and O–H groups in total. The van der Waals surface area contributed by atoms with Gasteiger partial charge in [0, 0.05) is 12.0 Å². The van der Waals surface area contributed by atoms with Crippen LogP contribution in [0.5, 0.6) is 5.75 Å². The average molecular weight is 409 g/mol. The van der Waals surface area contributed by atoms with Crippen LogP contribution in [0.1, 0.15) is 49.7 Å². The summed E-state index contributed by atoms with van der Waals surface area (Å²) in [5, 5.41) is 9.36. The van der Waals surface area contributed by atoms with E-state index in [1.54, 1.807) is 12.1 Å². The molecule has 0 aromatic heterocycles. The van der Waals surface area contributed by atoms with Crippen LogP contribution in [0.4, 0.5) is 0 Å². The zero-order valence-corrected chi connectivity index (χ0v) is 14.8. The molecule has 130 valence electrons. The molecule has 0 aliphatic heterocycles. The van der Waals surface area contributed by atoms with Gasteiger partial charge in [-0.05, 0) is 48.0 Å². The Morgan fingerprint density at radius 2 is 2.08 bits per heavy atom. The van der Waals surface area contributed by atoms with E-state index in [2.05, 4.69) is 6.92 Å². The zero-order valence-electron chi connectivity index (χ0n) is 13.3. The fraction of sp³-hybridized carbons (Fsp3) is 0.444. The molecule has 0 saturated heterocycles. The quantitative estimate of drug-likeness (QED) is 0.745. The average Bonchev–Trinajstić information content (AvgIpc) is 2.83. The summed E-state index contributed by atoms with van der Waals surface area (Å²) in [6.07, 6.45) is 5.04. The third-order valence-corrected chi connectivity index (χ3v) is 5.60. The molecule has 3 rings (SSSR count). The van der Waals surface area contributed by atoms with Crippen molar-refractivity contribution in [3.05, 3.63) is 33.3 Å². The van der Waals surface area contributed by atoms with E-state index in [4.69, 9.17) is 33.0 Å². The van der Waals surface area contributed by atoms with Gasteiger partial charge >= 0.3 is 57.4 Å². The summed E-state index contributed by atoms with van der Waals surface area (Å²) in [5.41, 5.74) is 2.81. The monoisotopic (exact) mass is 408 g/mol. The molecule has 0 saturated carbocycles. The molecule has 0 fully saturated rings. The van der Waals surface area contributed by atoms with Crippen LogP contribution in [0.15, 0.2) is 12.1 Å². The number of benzene rings is 1. The molecule has 0 radical (unpaired) electrons. The van der Waals surface area contributed by atoms with E-state index in [0.717, 1.165) is 36.0 Å². The van der Waals surface area contributed by atoms with Crippen molar-refractivity contribution in [1.29, 1.82) is 0 Å². The van der Waals surface area contributed by atoms with Crippen molar-refractivity contribution < 1.29 is 19.4 Å². The van der Waals surface area contributed by atoms with Crippen molar-refractivity contribution in [2.45, 2.75) is 38.5 Å². The Bertz CT molecular complexity index is 745. The van der Waals surface area contributed by atoms with Crippen molar-refractivity contribution >= 4 is 91.9 Å². The van der Waals surface area contributed by atoms with Crippen LogP contribution < -0.4 is 4.74 Å². The molecule has 1 aromatic rings. The summed E-state index contributed by atoms with van der Waals surface area (Å²) < 4.78 is 5.30. The van der Waals surface area contributed by atoms with Gasteiger partial charge in [0.2, 0.25) is 0 Å². The van der Waals surface area contributed by atoms with Crippen LogP contribution in [-0.4, -0.2) is 74.9 Å². The van der Waals surface area contributed by atoms with Gasteiger partial charge in [0.05, 0.1) is 5.02 Å². The van der Waals surface area contributed by atoms with Crippen molar-refractivity contribution in [3.63, 3.8) is 0 Å². The minimum absolute atomic E-state index is 0. The molecule has 4 nitrogen and oxygen atoms in total. The number of carboxylic acid groups (broad SMARTS) is 1. The molecule has 25 heavy (non-hydrogen) atoms. The van der Waals surface area contributed by atoms with Gasteiger partial charge in [-0.3, -0.25) is 4.79 Å². The van der Waals surface area contributed by atoms with Crippen molar-refractivity contribution in [2.75, 3.05) is 6.61 Å². The number of rotatable bonds is 5. The Morgan fingerprint density at radius 1 is 1.36 bits per heavy atom. The predicted octanol–water partition coefficient (Wildman–Crippen LogP) is 4.07. The van der Waals surface area contributed by atoms with E-state index in [-0.39, 0.29) is 79.8 Å². The fourth-order valence-corrected chi connectivity index (χ4v) is 4.33. The van der Waals surface area contributed by atoms with Crippen molar-refractivity contribution in [2.24, 2.45) is 5.92 Å². The maximum absolute atomic E-state index is 11.9. The first kappa shape index (κ1) is 21.4. The number of hydrogen-bond donors (Lipinski definition) is 1. The molecule has 2 aliphatic carbocycles. The second kappa shape index (κ2) is 8.87. The Labute approximate surface area is 199 Å². The number of ether oxygens (including phenoxy) is 1. The number of carboxylic acids is 1. The SMILES string of the molecule is CCCC1c2cc(OCC(=O)O)c(Cl)c(Cl)c2C2=CC(=O)CCC21.[KH]. The third-order valence-electron chi connectivity index (χ3n) is 4.75. The molecular formula is C18H19Cl2KO4. The number of halogens is 2. The van der Waals surface area contributed by atoms with Crippen molar-refractivity contribution in [3.8, 4) is 5.75 Å². The second-order valence-corrected chi connectivity index (χ2v) is 7.01. The minimum atomic E-state index is -1.07. The summed E-state index contributed by atoms with van der Waals surface area (Å²) in [7, 11) is 0. The van der Waals surface area contributed by atoms with Gasteiger partial charge in [-0.25, -0.2) is 4.79 Å². The number of carbonyl (C=O) groups is 2. The molecule has 1 aromatic carbocycles. The number of carbonyl (C=O) groups excluding carboxylic acids is 1. The Morgan fingerprint density at radius 3 is 2.72 bits per heavy atom. The summed E-state index contributed by atoms with van der Waals surface area (Å²) in [5.74, 6) is -0.153. The van der Waals surface area contributed by atoms with E-state index in [1.807, 2.05) is 0 Å². The van der Waals surface area contributed by atoms with Crippen molar-refractivity contribution in [1.82, 2.24) is 0 Å². The third kappa shape index (κ3) is 4.18. The van der Waals surface area contributed by atoms with Gasteiger partial charge in [0.15, 0.2) is 12.4 Å². The fourth-order valence-electron chi connectivity index (χ4n) is 3.82. The molecule has 2 aliphatic rings. The van der Waals surface area contributed by atoms with E-state index < -0.39 is 12.6 Å². The van der Waals surface area contributed by atoms with Gasteiger partial charge in [-0.1, -0.05) is 36.5 Å². The molecule has 0 spiro atoms. The first-order valence-corrected chi connectivity index (χ1v) is 8.80. The zero-order chi connectivity index (χ0) is 17.4. The van der Waals surface area contributed by atoms with Crippen LogP contribution in [0.25, 0.3) is 5.57 Å². The molecule has 0 heterocycles. The number of hydrogen-bond acceptors (Lipinski definition) is 3. The summed E-state index contributed by atoms with van der Waals surface area (Å²) in [6, 6.07) is 1.80. The molecule has 0 bridgehead atoms. The number of fused-ring (bicyclic) bond motifs is 3.